The molecule has 0 atom stereocenters. The zero-order chi connectivity index (χ0) is 17.5. The average Bonchev–Trinajstić information content (AvgIpc) is 2.58. The molecule has 0 unspecified atom stereocenters. The molecule has 0 amide bonds. The van der Waals surface area contributed by atoms with Crippen LogP contribution in [0, 0.1) is 18.2 Å². The van der Waals surface area contributed by atoms with Gasteiger partial charge in [0.1, 0.15) is 12.4 Å². The lowest BCUT2D eigenvalue weighted by Crippen LogP contribution is -1.98. The average molecular weight is 345 g/mol. The van der Waals surface area contributed by atoms with Crippen LogP contribution in [-0.4, -0.2) is 19.5 Å². The topological polar surface area (TPSA) is 35.5 Å². The van der Waals surface area contributed by atoms with E-state index in [1.807, 2.05) is 0 Å². The van der Waals surface area contributed by atoms with Gasteiger partial charge in [0.25, 0.3) is 0 Å². The van der Waals surface area contributed by atoms with Gasteiger partial charge in [0.15, 0.2) is 17.3 Å². The molecule has 0 radical (unpaired) electrons. The Kier molecular flexibility index (Phi) is 6.00. The number of terminal acetylenes is 1. The molecule has 0 aromatic heterocycles. The summed E-state index contributed by atoms with van der Waals surface area (Å²) < 4.78 is 23.5. The lowest BCUT2D eigenvalue weighted by atomic mass is 10.1. The molecule has 0 aliphatic rings. The number of benzene rings is 2. The van der Waals surface area contributed by atoms with Gasteiger partial charge in [0.05, 0.1) is 12.1 Å². The Labute approximate surface area is 144 Å². The first-order chi connectivity index (χ1) is 11.5. The van der Waals surface area contributed by atoms with Crippen LogP contribution < -0.4 is 9.47 Å². The Hall–Kier alpha value is -2.77. The van der Waals surface area contributed by atoms with Crippen molar-refractivity contribution in [2.24, 2.45) is 0 Å². The number of methoxy groups -OCH3 is 1. The molecular weight excluding hydrogens is 331 g/mol. The molecule has 0 aliphatic carbocycles. The van der Waals surface area contributed by atoms with E-state index in [9.17, 15) is 9.18 Å². The van der Waals surface area contributed by atoms with Gasteiger partial charge in [-0.15, -0.1) is 6.42 Å². The summed E-state index contributed by atoms with van der Waals surface area (Å²) >= 11 is 6.16. The Balaban J connectivity index is 2.23. The van der Waals surface area contributed by atoms with Crippen LogP contribution in [0.15, 0.2) is 42.5 Å². The van der Waals surface area contributed by atoms with Crippen LogP contribution in [0.2, 0.25) is 5.02 Å². The third-order valence-corrected chi connectivity index (χ3v) is 3.39. The van der Waals surface area contributed by atoms with Crippen molar-refractivity contribution in [1.82, 2.24) is 0 Å². The summed E-state index contributed by atoms with van der Waals surface area (Å²) in [6, 6.07) is 8.62. The number of carbonyl (C=O) groups excluding carboxylic acids is 1. The number of allylic oxidation sites excluding steroid dienone is 1. The van der Waals surface area contributed by atoms with Crippen LogP contribution in [0.4, 0.5) is 4.39 Å². The zero-order valence-corrected chi connectivity index (χ0v) is 13.6. The molecule has 24 heavy (non-hydrogen) atoms. The monoisotopic (exact) mass is 344 g/mol. The van der Waals surface area contributed by atoms with Crippen LogP contribution in [0.1, 0.15) is 15.9 Å². The maximum absolute atomic E-state index is 12.9. The Morgan fingerprint density at radius 3 is 2.67 bits per heavy atom. The van der Waals surface area contributed by atoms with Crippen molar-refractivity contribution >= 4 is 23.5 Å². The highest BCUT2D eigenvalue weighted by atomic mass is 35.5. The van der Waals surface area contributed by atoms with Gasteiger partial charge in [-0.05, 0) is 48.0 Å². The first-order valence-electron chi connectivity index (χ1n) is 6.97. The number of halogens is 2. The van der Waals surface area contributed by atoms with Gasteiger partial charge in [-0.25, -0.2) is 4.39 Å². The number of carbonyl (C=O) groups is 1. The van der Waals surface area contributed by atoms with E-state index in [0.29, 0.717) is 27.6 Å². The third kappa shape index (κ3) is 4.37. The summed E-state index contributed by atoms with van der Waals surface area (Å²) in [5.41, 5.74) is 1.04. The lowest BCUT2D eigenvalue weighted by Gasteiger charge is -2.11. The van der Waals surface area contributed by atoms with E-state index >= 15 is 0 Å². The van der Waals surface area contributed by atoms with Crippen molar-refractivity contribution in [2.75, 3.05) is 13.7 Å². The fraction of sp³-hybridized carbons (Fsp3) is 0.105. The fourth-order valence-electron chi connectivity index (χ4n) is 1.97. The van der Waals surface area contributed by atoms with E-state index in [1.165, 1.54) is 37.5 Å². The molecule has 0 fully saturated rings. The van der Waals surface area contributed by atoms with Crippen LogP contribution >= 0.6 is 11.6 Å². The predicted molar refractivity (Wildman–Crippen MR) is 92.1 cm³/mol. The first kappa shape index (κ1) is 17.6. The number of ketones is 1. The minimum atomic E-state index is -0.394. The van der Waals surface area contributed by atoms with Crippen molar-refractivity contribution in [3.63, 3.8) is 0 Å². The molecule has 2 rings (SSSR count). The highest BCUT2D eigenvalue weighted by Crippen LogP contribution is 2.36. The largest absolute Gasteiger partial charge is 0.493 e. The third-order valence-electron chi connectivity index (χ3n) is 3.11. The maximum Gasteiger partial charge on any atom is 0.185 e. The normalized spacial score (nSPS) is 10.4. The van der Waals surface area contributed by atoms with E-state index in [4.69, 9.17) is 27.5 Å². The van der Waals surface area contributed by atoms with E-state index in [0.717, 1.165) is 0 Å². The van der Waals surface area contributed by atoms with Crippen molar-refractivity contribution in [1.29, 1.82) is 0 Å². The van der Waals surface area contributed by atoms with Gasteiger partial charge in [0.2, 0.25) is 0 Å². The van der Waals surface area contributed by atoms with E-state index in [-0.39, 0.29) is 12.4 Å². The second-order valence-electron chi connectivity index (χ2n) is 4.73. The van der Waals surface area contributed by atoms with Gasteiger partial charge in [-0.3, -0.25) is 4.79 Å². The molecule has 0 bridgehead atoms. The van der Waals surface area contributed by atoms with Gasteiger partial charge in [-0.1, -0.05) is 23.6 Å². The Morgan fingerprint density at radius 2 is 2.04 bits per heavy atom. The van der Waals surface area contributed by atoms with Gasteiger partial charge in [0, 0.05) is 5.56 Å². The maximum atomic E-state index is 12.9. The van der Waals surface area contributed by atoms with Crippen molar-refractivity contribution in [3.8, 4) is 23.8 Å². The molecule has 0 N–H and O–H groups in total. The first-order valence-corrected chi connectivity index (χ1v) is 7.34. The van der Waals surface area contributed by atoms with Gasteiger partial charge >= 0.3 is 0 Å². The Morgan fingerprint density at radius 1 is 1.33 bits per heavy atom. The number of ether oxygens (including phenoxy) is 2. The highest BCUT2D eigenvalue weighted by molar-refractivity contribution is 6.32. The van der Waals surface area contributed by atoms with E-state index in [1.54, 1.807) is 18.2 Å². The molecule has 2 aromatic rings. The SMILES string of the molecule is C#CCOc1c(Cl)cc(/C=C/C(=O)c2ccc(F)cc2)cc1OC. The minimum absolute atomic E-state index is 0.0638. The minimum Gasteiger partial charge on any atom is -0.493 e. The molecule has 0 aliphatic heterocycles. The highest BCUT2D eigenvalue weighted by Gasteiger charge is 2.11. The van der Waals surface area contributed by atoms with E-state index in [2.05, 4.69) is 5.92 Å². The lowest BCUT2D eigenvalue weighted by molar-refractivity contribution is 0.104. The fourth-order valence-corrected chi connectivity index (χ4v) is 2.25. The zero-order valence-electron chi connectivity index (χ0n) is 12.9. The second kappa shape index (κ2) is 8.19. The number of hydrogen-bond donors (Lipinski definition) is 0. The number of hydrogen-bond acceptors (Lipinski definition) is 3. The van der Waals surface area contributed by atoms with Gasteiger partial charge in [-0.2, -0.15) is 0 Å². The molecule has 122 valence electrons. The van der Waals surface area contributed by atoms with Crippen molar-refractivity contribution < 1.29 is 18.7 Å². The summed E-state index contributed by atoms with van der Waals surface area (Å²) in [7, 11) is 1.48. The standard InChI is InChI=1S/C19H14ClFO3/c1-3-10-24-19-16(20)11-13(12-18(19)23-2)4-9-17(22)14-5-7-15(21)8-6-14/h1,4-9,11-12H,10H2,2H3/b9-4+. The summed E-state index contributed by atoms with van der Waals surface area (Å²) in [5.74, 6) is 2.46. The Bertz CT molecular complexity index is 805. The quantitative estimate of drug-likeness (QED) is 0.443. The molecule has 5 heteroatoms. The van der Waals surface area contributed by atoms with Crippen molar-refractivity contribution in [3.05, 3.63) is 64.4 Å². The van der Waals surface area contributed by atoms with Crippen LogP contribution in [-0.2, 0) is 0 Å². The molecule has 3 nitrogen and oxygen atoms in total. The van der Waals surface area contributed by atoms with E-state index < -0.39 is 5.82 Å². The molecule has 0 spiro atoms. The van der Waals surface area contributed by atoms with Crippen molar-refractivity contribution in [2.45, 2.75) is 0 Å². The summed E-state index contributed by atoms with van der Waals surface area (Å²) in [6.07, 6.45) is 8.13. The summed E-state index contributed by atoms with van der Waals surface area (Å²) in [6.45, 7) is 0.0638. The van der Waals surface area contributed by atoms with Crippen LogP contribution in [0.5, 0.6) is 11.5 Å². The molecule has 0 saturated carbocycles. The molecule has 2 aromatic carbocycles. The van der Waals surface area contributed by atoms with Crippen LogP contribution in [0.3, 0.4) is 0 Å². The van der Waals surface area contributed by atoms with Crippen LogP contribution in [0.25, 0.3) is 6.08 Å². The predicted octanol–water partition coefficient (Wildman–Crippen LogP) is 4.40. The molecule has 0 heterocycles. The molecule has 0 saturated heterocycles. The van der Waals surface area contributed by atoms with Gasteiger partial charge < -0.3 is 9.47 Å². The second-order valence-corrected chi connectivity index (χ2v) is 5.14. The summed E-state index contributed by atoms with van der Waals surface area (Å²) in [5, 5.41) is 0.318. The smallest absolute Gasteiger partial charge is 0.185 e. The number of rotatable bonds is 6. The summed E-state index contributed by atoms with van der Waals surface area (Å²) in [4.78, 5) is 12.1. The molecular formula is C19H14ClFO3.